The monoisotopic (exact) mass is 289 g/mol. The SMILES string of the molecule is CCC(CC)NC(=O)CN1C(=O)CNCc2ccccc21. The molecule has 0 bridgehead atoms. The Bertz CT molecular complexity index is 512. The van der Waals surface area contributed by atoms with Gasteiger partial charge in [0.2, 0.25) is 11.8 Å². The number of benzene rings is 1. The Morgan fingerprint density at radius 1 is 1.29 bits per heavy atom. The minimum atomic E-state index is -0.103. The summed E-state index contributed by atoms with van der Waals surface area (Å²) in [5.74, 6) is -0.173. The van der Waals surface area contributed by atoms with Crippen molar-refractivity contribution in [1.29, 1.82) is 0 Å². The van der Waals surface area contributed by atoms with E-state index in [1.807, 2.05) is 38.1 Å². The number of nitrogens with zero attached hydrogens (tertiary/aromatic N) is 1. The molecule has 2 amide bonds. The Hall–Kier alpha value is -1.88. The molecule has 1 aromatic carbocycles. The predicted octanol–water partition coefficient (Wildman–Crippen LogP) is 1.43. The molecule has 0 radical (unpaired) electrons. The molecule has 5 nitrogen and oxygen atoms in total. The van der Waals surface area contributed by atoms with E-state index in [0.29, 0.717) is 6.54 Å². The number of amides is 2. The van der Waals surface area contributed by atoms with Crippen molar-refractivity contribution in [3.8, 4) is 0 Å². The van der Waals surface area contributed by atoms with Gasteiger partial charge in [-0.1, -0.05) is 32.0 Å². The summed E-state index contributed by atoms with van der Waals surface area (Å²) < 4.78 is 0. The van der Waals surface area contributed by atoms with E-state index in [0.717, 1.165) is 24.1 Å². The van der Waals surface area contributed by atoms with Crippen LogP contribution in [0.2, 0.25) is 0 Å². The molecule has 0 saturated heterocycles. The van der Waals surface area contributed by atoms with Crippen molar-refractivity contribution in [2.75, 3.05) is 18.0 Å². The maximum absolute atomic E-state index is 12.2. The van der Waals surface area contributed by atoms with Crippen LogP contribution in [0.4, 0.5) is 5.69 Å². The van der Waals surface area contributed by atoms with Crippen LogP contribution >= 0.6 is 0 Å². The molecule has 5 heteroatoms. The van der Waals surface area contributed by atoms with Gasteiger partial charge in [0.05, 0.1) is 6.54 Å². The number of rotatable bonds is 5. The zero-order valence-corrected chi connectivity index (χ0v) is 12.7. The van der Waals surface area contributed by atoms with Crippen molar-refractivity contribution < 1.29 is 9.59 Å². The van der Waals surface area contributed by atoms with Gasteiger partial charge >= 0.3 is 0 Å². The van der Waals surface area contributed by atoms with Crippen molar-refractivity contribution in [3.63, 3.8) is 0 Å². The Morgan fingerprint density at radius 3 is 2.71 bits per heavy atom. The number of carbonyl (C=O) groups is 2. The number of carbonyl (C=O) groups excluding carboxylic acids is 2. The summed E-state index contributed by atoms with van der Waals surface area (Å²) >= 11 is 0. The van der Waals surface area contributed by atoms with Crippen LogP contribution in [0.25, 0.3) is 0 Å². The van der Waals surface area contributed by atoms with Gasteiger partial charge < -0.3 is 15.5 Å². The van der Waals surface area contributed by atoms with Gasteiger partial charge in [-0.25, -0.2) is 0 Å². The summed E-state index contributed by atoms with van der Waals surface area (Å²) in [5, 5.41) is 6.08. The molecule has 0 aliphatic carbocycles. The fourth-order valence-corrected chi connectivity index (χ4v) is 2.54. The van der Waals surface area contributed by atoms with E-state index in [2.05, 4.69) is 10.6 Å². The van der Waals surface area contributed by atoms with Gasteiger partial charge in [0.25, 0.3) is 0 Å². The molecular weight excluding hydrogens is 266 g/mol. The van der Waals surface area contributed by atoms with E-state index in [-0.39, 0.29) is 30.9 Å². The average molecular weight is 289 g/mol. The molecule has 21 heavy (non-hydrogen) atoms. The lowest BCUT2D eigenvalue weighted by molar-refractivity contribution is -0.123. The maximum Gasteiger partial charge on any atom is 0.241 e. The van der Waals surface area contributed by atoms with Crippen molar-refractivity contribution in [2.45, 2.75) is 39.3 Å². The molecule has 114 valence electrons. The van der Waals surface area contributed by atoms with Gasteiger partial charge in [-0.05, 0) is 24.5 Å². The van der Waals surface area contributed by atoms with Crippen molar-refractivity contribution in [2.24, 2.45) is 0 Å². The van der Waals surface area contributed by atoms with E-state index in [4.69, 9.17) is 0 Å². The van der Waals surface area contributed by atoms with Crippen molar-refractivity contribution in [3.05, 3.63) is 29.8 Å². The van der Waals surface area contributed by atoms with Gasteiger partial charge in [0, 0.05) is 18.3 Å². The predicted molar refractivity (Wildman–Crippen MR) is 83.0 cm³/mol. The smallest absolute Gasteiger partial charge is 0.241 e. The summed E-state index contributed by atoms with van der Waals surface area (Å²) in [5.41, 5.74) is 1.87. The molecular formula is C16H23N3O2. The lowest BCUT2D eigenvalue weighted by atomic mass is 10.1. The third-order valence-corrected chi connectivity index (χ3v) is 3.83. The normalized spacial score (nSPS) is 14.8. The lowest BCUT2D eigenvalue weighted by Gasteiger charge is -2.23. The molecule has 1 heterocycles. The second kappa shape index (κ2) is 7.22. The number of hydrogen-bond acceptors (Lipinski definition) is 3. The van der Waals surface area contributed by atoms with Crippen LogP contribution < -0.4 is 15.5 Å². The van der Waals surface area contributed by atoms with E-state index in [1.54, 1.807) is 4.90 Å². The standard InChI is InChI=1S/C16H23N3O2/c1-3-13(4-2)18-15(20)11-19-14-8-6-5-7-12(14)9-17-10-16(19)21/h5-8,13,17H,3-4,9-11H2,1-2H3,(H,18,20). The maximum atomic E-state index is 12.2. The zero-order valence-electron chi connectivity index (χ0n) is 12.7. The molecule has 2 N–H and O–H groups in total. The van der Waals surface area contributed by atoms with Crippen molar-refractivity contribution in [1.82, 2.24) is 10.6 Å². The Labute approximate surface area is 125 Å². The third-order valence-electron chi connectivity index (χ3n) is 3.83. The largest absolute Gasteiger partial charge is 0.352 e. The van der Waals surface area contributed by atoms with Gasteiger partial charge in [0.1, 0.15) is 6.54 Å². The minimum Gasteiger partial charge on any atom is -0.352 e. The van der Waals surface area contributed by atoms with Crippen molar-refractivity contribution >= 4 is 17.5 Å². The van der Waals surface area contributed by atoms with Gasteiger partial charge in [0.15, 0.2) is 0 Å². The number of anilines is 1. The van der Waals surface area contributed by atoms with Gasteiger partial charge in [-0.15, -0.1) is 0 Å². The molecule has 0 unspecified atom stereocenters. The number of nitrogens with one attached hydrogen (secondary N) is 2. The first kappa shape index (κ1) is 15.5. The van der Waals surface area contributed by atoms with Crippen LogP contribution in [0.15, 0.2) is 24.3 Å². The first-order valence-electron chi connectivity index (χ1n) is 7.54. The molecule has 1 aliphatic rings. The highest BCUT2D eigenvalue weighted by Gasteiger charge is 2.24. The Morgan fingerprint density at radius 2 is 2.00 bits per heavy atom. The number of fused-ring (bicyclic) bond motifs is 1. The summed E-state index contributed by atoms with van der Waals surface area (Å²) in [7, 11) is 0. The van der Waals surface area contributed by atoms with Gasteiger partial charge in [-0.3, -0.25) is 9.59 Å². The topological polar surface area (TPSA) is 61.4 Å². The molecule has 0 saturated carbocycles. The van der Waals surface area contributed by atoms with E-state index < -0.39 is 0 Å². The van der Waals surface area contributed by atoms with Crippen LogP contribution in [0.5, 0.6) is 0 Å². The molecule has 0 spiro atoms. The zero-order chi connectivity index (χ0) is 15.2. The number of hydrogen-bond donors (Lipinski definition) is 2. The molecule has 1 aromatic rings. The summed E-state index contributed by atoms with van der Waals surface area (Å²) in [6.45, 7) is 5.07. The van der Waals surface area contributed by atoms with Crippen LogP contribution in [-0.4, -0.2) is 30.9 Å². The Kier molecular flexibility index (Phi) is 5.33. The van der Waals surface area contributed by atoms with Crippen LogP contribution in [0.3, 0.4) is 0 Å². The highest BCUT2D eigenvalue weighted by atomic mass is 16.2. The molecule has 1 aliphatic heterocycles. The highest BCUT2D eigenvalue weighted by Crippen LogP contribution is 2.22. The quantitative estimate of drug-likeness (QED) is 0.862. The fourth-order valence-electron chi connectivity index (χ4n) is 2.54. The summed E-state index contributed by atoms with van der Waals surface area (Å²) in [6.07, 6.45) is 1.79. The second-order valence-corrected chi connectivity index (χ2v) is 5.29. The molecule has 0 aromatic heterocycles. The minimum absolute atomic E-state index is 0.0698. The second-order valence-electron chi connectivity index (χ2n) is 5.29. The van der Waals surface area contributed by atoms with Crippen LogP contribution in [0, 0.1) is 0 Å². The van der Waals surface area contributed by atoms with Gasteiger partial charge in [-0.2, -0.15) is 0 Å². The first-order chi connectivity index (χ1) is 10.2. The molecule has 2 rings (SSSR count). The Balaban J connectivity index is 2.13. The highest BCUT2D eigenvalue weighted by molar-refractivity contribution is 6.00. The fraction of sp³-hybridized carbons (Fsp3) is 0.500. The molecule has 0 fully saturated rings. The lowest BCUT2D eigenvalue weighted by Crippen LogP contribution is -2.45. The van der Waals surface area contributed by atoms with E-state index in [1.165, 1.54) is 0 Å². The summed E-state index contributed by atoms with van der Waals surface area (Å²) in [4.78, 5) is 26.0. The van der Waals surface area contributed by atoms with Crippen LogP contribution in [-0.2, 0) is 16.1 Å². The molecule has 0 atom stereocenters. The number of para-hydroxylation sites is 1. The first-order valence-corrected chi connectivity index (χ1v) is 7.54. The third kappa shape index (κ3) is 3.82. The van der Waals surface area contributed by atoms with Crippen LogP contribution in [0.1, 0.15) is 32.3 Å². The summed E-state index contributed by atoms with van der Waals surface area (Å²) in [6, 6.07) is 7.88. The van der Waals surface area contributed by atoms with E-state index in [9.17, 15) is 9.59 Å². The average Bonchev–Trinajstić information content (AvgIpc) is 2.65. The van der Waals surface area contributed by atoms with E-state index >= 15 is 0 Å².